The van der Waals surface area contributed by atoms with Gasteiger partial charge in [-0.15, -0.1) is 0 Å². The van der Waals surface area contributed by atoms with E-state index in [0.29, 0.717) is 36.7 Å². The standard InChI is InChI=1S/C17H20N2O5/c1-2-23-17(22)12-4-3-7-19(9-12)16(21)11-5-6-13-14(8-11)24-10-15(20)18-13/h5-6,8,12H,2-4,7,9-10H2,1H3,(H,18,20)/t12-/m1/s1. The van der Waals surface area contributed by atoms with E-state index in [9.17, 15) is 14.4 Å². The van der Waals surface area contributed by atoms with Crippen molar-refractivity contribution in [1.82, 2.24) is 4.90 Å². The molecule has 7 nitrogen and oxygen atoms in total. The molecule has 1 aromatic rings. The van der Waals surface area contributed by atoms with Gasteiger partial charge in [-0.1, -0.05) is 0 Å². The molecule has 3 rings (SSSR count). The molecule has 1 saturated heterocycles. The number of nitrogens with one attached hydrogen (secondary N) is 1. The summed E-state index contributed by atoms with van der Waals surface area (Å²) in [5, 5.41) is 2.69. The first kappa shape index (κ1) is 16.3. The summed E-state index contributed by atoms with van der Waals surface area (Å²) in [7, 11) is 0. The van der Waals surface area contributed by atoms with Crippen molar-refractivity contribution in [3.63, 3.8) is 0 Å². The number of carbonyl (C=O) groups is 3. The Balaban J connectivity index is 1.72. The molecular formula is C17H20N2O5. The molecule has 2 aliphatic heterocycles. The Bertz CT molecular complexity index is 673. The molecule has 2 amide bonds. The van der Waals surface area contributed by atoms with Gasteiger partial charge in [-0.25, -0.2) is 0 Å². The van der Waals surface area contributed by atoms with Gasteiger partial charge in [-0.3, -0.25) is 14.4 Å². The van der Waals surface area contributed by atoms with Crippen LogP contribution in [0.5, 0.6) is 5.75 Å². The summed E-state index contributed by atoms with van der Waals surface area (Å²) < 4.78 is 10.4. The van der Waals surface area contributed by atoms with Gasteiger partial charge in [-0.05, 0) is 38.0 Å². The lowest BCUT2D eigenvalue weighted by Gasteiger charge is -2.31. The zero-order valence-corrected chi connectivity index (χ0v) is 13.5. The van der Waals surface area contributed by atoms with E-state index < -0.39 is 0 Å². The second-order valence-corrected chi connectivity index (χ2v) is 5.89. The van der Waals surface area contributed by atoms with Gasteiger partial charge in [0.05, 0.1) is 18.2 Å². The first-order valence-electron chi connectivity index (χ1n) is 8.11. The number of likely N-dealkylation sites (tertiary alicyclic amines) is 1. The number of hydrogen-bond donors (Lipinski definition) is 1. The third kappa shape index (κ3) is 3.34. The molecule has 24 heavy (non-hydrogen) atoms. The van der Waals surface area contributed by atoms with E-state index in [0.717, 1.165) is 12.8 Å². The Morgan fingerprint density at radius 1 is 1.42 bits per heavy atom. The number of carbonyl (C=O) groups excluding carboxylic acids is 3. The lowest BCUT2D eigenvalue weighted by molar-refractivity contribution is -0.149. The van der Waals surface area contributed by atoms with Crippen molar-refractivity contribution >= 4 is 23.5 Å². The second-order valence-electron chi connectivity index (χ2n) is 5.89. The van der Waals surface area contributed by atoms with E-state index in [2.05, 4.69) is 5.32 Å². The van der Waals surface area contributed by atoms with Gasteiger partial charge in [0.2, 0.25) is 0 Å². The molecule has 2 aliphatic rings. The van der Waals surface area contributed by atoms with Crippen LogP contribution in [0.2, 0.25) is 0 Å². The van der Waals surface area contributed by atoms with Crippen LogP contribution >= 0.6 is 0 Å². The average Bonchev–Trinajstić information content (AvgIpc) is 2.61. The SMILES string of the molecule is CCOC(=O)[C@@H]1CCCN(C(=O)c2ccc3c(c2)OCC(=O)N3)C1. The zero-order valence-electron chi connectivity index (χ0n) is 13.5. The monoisotopic (exact) mass is 332 g/mol. The molecule has 0 spiro atoms. The lowest BCUT2D eigenvalue weighted by atomic mass is 9.97. The van der Waals surface area contributed by atoms with Gasteiger partial charge in [-0.2, -0.15) is 0 Å². The summed E-state index contributed by atoms with van der Waals surface area (Å²) in [5.74, 6) is -0.385. The van der Waals surface area contributed by atoms with E-state index in [1.165, 1.54) is 0 Å². The van der Waals surface area contributed by atoms with Crippen LogP contribution in [0, 0.1) is 5.92 Å². The summed E-state index contributed by atoms with van der Waals surface area (Å²) in [6.45, 7) is 3.04. The highest BCUT2D eigenvalue weighted by atomic mass is 16.5. The molecule has 1 aromatic carbocycles. The molecule has 1 N–H and O–H groups in total. The Morgan fingerprint density at radius 2 is 2.25 bits per heavy atom. The smallest absolute Gasteiger partial charge is 0.310 e. The van der Waals surface area contributed by atoms with Crippen molar-refractivity contribution in [3.05, 3.63) is 23.8 Å². The highest BCUT2D eigenvalue weighted by Gasteiger charge is 2.30. The van der Waals surface area contributed by atoms with Crippen molar-refractivity contribution in [3.8, 4) is 5.75 Å². The first-order valence-corrected chi connectivity index (χ1v) is 8.11. The van der Waals surface area contributed by atoms with E-state index in [1.54, 1.807) is 30.0 Å². The number of piperidine rings is 1. The summed E-state index contributed by atoms with van der Waals surface area (Å²) in [6, 6.07) is 4.95. The number of esters is 1. The zero-order chi connectivity index (χ0) is 17.1. The second kappa shape index (κ2) is 6.90. The minimum Gasteiger partial charge on any atom is -0.482 e. The van der Waals surface area contributed by atoms with Crippen LogP contribution in [0.15, 0.2) is 18.2 Å². The number of nitrogens with zero attached hydrogens (tertiary/aromatic N) is 1. The molecule has 0 saturated carbocycles. The molecule has 0 bridgehead atoms. The maximum atomic E-state index is 12.7. The third-order valence-electron chi connectivity index (χ3n) is 4.19. The van der Waals surface area contributed by atoms with Crippen LogP contribution in [0.1, 0.15) is 30.1 Å². The van der Waals surface area contributed by atoms with Crippen molar-refractivity contribution in [2.24, 2.45) is 5.92 Å². The van der Waals surface area contributed by atoms with E-state index in [-0.39, 0.29) is 30.3 Å². The topological polar surface area (TPSA) is 84.9 Å². The average molecular weight is 332 g/mol. The number of rotatable bonds is 3. The normalized spacial score (nSPS) is 19.8. The Morgan fingerprint density at radius 3 is 3.04 bits per heavy atom. The molecule has 7 heteroatoms. The molecule has 0 aromatic heterocycles. The maximum absolute atomic E-state index is 12.7. The predicted octanol–water partition coefficient (Wildman–Crippen LogP) is 1.43. The minimum absolute atomic E-state index is 0.0563. The Labute approximate surface area is 139 Å². The molecular weight excluding hydrogens is 312 g/mol. The molecule has 2 heterocycles. The van der Waals surface area contributed by atoms with E-state index >= 15 is 0 Å². The Kier molecular flexibility index (Phi) is 4.69. The largest absolute Gasteiger partial charge is 0.482 e. The number of hydrogen-bond acceptors (Lipinski definition) is 5. The molecule has 0 unspecified atom stereocenters. The molecule has 0 aliphatic carbocycles. The van der Waals surface area contributed by atoms with Crippen molar-refractivity contribution in [2.75, 3.05) is 31.6 Å². The van der Waals surface area contributed by atoms with Crippen LogP contribution in [0.4, 0.5) is 5.69 Å². The van der Waals surface area contributed by atoms with Gasteiger partial charge in [0.25, 0.3) is 11.8 Å². The molecule has 0 radical (unpaired) electrons. The molecule has 1 fully saturated rings. The van der Waals surface area contributed by atoms with Crippen LogP contribution in [-0.4, -0.2) is 49.0 Å². The van der Waals surface area contributed by atoms with Crippen molar-refractivity contribution in [2.45, 2.75) is 19.8 Å². The Hall–Kier alpha value is -2.57. The van der Waals surface area contributed by atoms with Crippen LogP contribution in [0.3, 0.4) is 0 Å². The highest BCUT2D eigenvalue weighted by Crippen LogP contribution is 2.29. The van der Waals surface area contributed by atoms with Gasteiger partial charge in [0, 0.05) is 18.7 Å². The fourth-order valence-corrected chi connectivity index (χ4v) is 3.00. The number of amides is 2. The van der Waals surface area contributed by atoms with Gasteiger partial charge in [0.15, 0.2) is 6.61 Å². The van der Waals surface area contributed by atoms with Crippen LogP contribution in [0.25, 0.3) is 0 Å². The van der Waals surface area contributed by atoms with E-state index in [4.69, 9.17) is 9.47 Å². The van der Waals surface area contributed by atoms with Crippen LogP contribution in [-0.2, 0) is 14.3 Å². The number of anilines is 1. The number of fused-ring (bicyclic) bond motifs is 1. The van der Waals surface area contributed by atoms with Crippen LogP contribution < -0.4 is 10.1 Å². The minimum atomic E-state index is -0.268. The number of ether oxygens (including phenoxy) is 2. The third-order valence-corrected chi connectivity index (χ3v) is 4.19. The first-order chi connectivity index (χ1) is 11.6. The highest BCUT2D eigenvalue weighted by molar-refractivity contribution is 5.99. The van der Waals surface area contributed by atoms with Gasteiger partial charge >= 0.3 is 5.97 Å². The summed E-state index contributed by atoms with van der Waals surface area (Å²) in [5.41, 5.74) is 1.04. The summed E-state index contributed by atoms with van der Waals surface area (Å²) in [6.07, 6.45) is 1.51. The maximum Gasteiger partial charge on any atom is 0.310 e. The molecule has 1 atom stereocenters. The van der Waals surface area contributed by atoms with Gasteiger partial charge in [0.1, 0.15) is 5.75 Å². The quantitative estimate of drug-likeness (QED) is 0.847. The summed E-state index contributed by atoms with van der Waals surface area (Å²) >= 11 is 0. The predicted molar refractivity (Wildman–Crippen MR) is 85.8 cm³/mol. The van der Waals surface area contributed by atoms with Crippen molar-refractivity contribution < 1.29 is 23.9 Å². The number of benzene rings is 1. The summed E-state index contributed by atoms with van der Waals surface area (Å²) in [4.78, 5) is 37.6. The van der Waals surface area contributed by atoms with Gasteiger partial charge < -0.3 is 19.7 Å². The van der Waals surface area contributed by atoms with Crippen molar-refractivity contribution in [1.29, 1.82) is 0 Å². The van der Waals surface area contributed by atoms with E-state index in [1.807, 2.05) is 0 Å². The fourth-order valence-electron chi connectivity index (χ4n) is 3.00. The molecule has 128 valence electrons. The fraction of sp³-hybridized carbons (Fsp3) is 0.471. The lowest BCUT2D eigenvalue weighted by Crippen LogP contribution is -2.42.